The predicted molar refractivity (Wildman–Crippen MR) is 50.6 cm³/mol. The van der Waals surface area contributed by atoms with Crippen molar-refractivity contribution < 1.29 is 9.78 Å². The van der Waals surface area contributed by atoms with Crippen LogP contribution >= 0.6 is 0 Å². The Bertz CT molecular complexity index is 353. The third-order valence-electron chi connectivity index (χ3n) is 1.73. The van der Waals surface area contributed by atoms with Crippen LogP contribution in [0.15, 0.2) is 42.7 Å². The van der Waals surface area contributed by atoms with E-state index in [1.807, 2.05) is 30.3 Å². The molecule has 0 spiro atoms. The second-order valence-electron chi connectivity index (χ2n) is 2.65. The third kappa shape index (κ3) is 1.56. The van der Waals surface area contributed by atoms with Crippen molar-refractivity contribution in [3.63, 3.8) is 0 Å². The average molecular weight is 173 g/mol. The van der Waals surface area contributed by atoms with Gasteiger partial charge in [0.15, 0.2) is 11.5 Å². The van der Waals surface area contributed by atoms with Crippen molar-refractivity contribution in [3.05, 3.63) is 54.7 Å². The van der Waals surface area contributed by atoms with Gasteiger partial charge in [-0.05, 0) is 12.1 Å². The lowest BCUT2D eigenvalue weighted by Crippen LogP contribution is -2.03. The molecule has 0 aromatic heterocycles. The molecule has 2 nitrogen and oxygen atoms in total. The molecule has 2 heteroatoms. The minimum Gasteiger partial charge on any atom is -0.294 e. The van der Waals surface area contributed by atoms with E-state index in [1.54, 1.807) is 12.5 Å². The van der Waals surface area contributed by atoms with Gasteiger partial charge in [-0.25, -0.2) is 0 Å². The van der Waals surface area contributed by atoms with E-state index >= 15 is 0 Å². The van der Waals surface area contributed by atoms with Crippen LogP contribution in [0.25, 0.3) is 6.08 Å². The fourth-order valence-corrected chi connectivity index (χ4v) is 1.14. The summed E-state index contributed by atoms with van der Waals surface area (Å²) in [4.78, 5) is 10.0. The van der Waals surface area contributed by atoms with Crippen LogP contribution in [-0.4, -0.2) is 0 Å². The zero-order valence-electron chi connectivity index (χ0n) is 7.07. The number of para-hydroxylation sites is 1. The minimum atomic E-state index is 0.661. The zero-order chi connectivity index (χ0) is 9.10. The van der Waals surface area contributed by atoms with Crippen molar-refractivity contribution in [2.24, 2.45) is 0 Å². The van der Waals surface area contributed by atoms with Crippen LogP contribution in [0.5, 0.6) is 5.75 Å². The topological polar surface area (TPSA) is 18.5 Å². The molecule has 1 radical (unpaired) electrons. The van der Waals surface area contributed by atoms with Gasteiger partial charge in [0.05, 0.1) is 6.42 Å². The highest BCUT2D eigenvalue weighted by molar-refractivity contribution is 5.61. The lowest BCUT2D eigenvalue weighted by atomic mass is 10.1. The largest absolute Gasteiger partial charge is 0.294 e. The molecule has 1 heterocycles. The molecule has 1 aliphatic rings. The highest BCUT2D eigenvalue weighted by Crippen LogP contribution is 2.27. The van der Waals surface area contributed by atoms with Crippen LogP contribution in [0, 0.1) is 6.42 Å². The molecule has 0 aliphatic carbocycles. The highest BCUT2D eigenvalue weighted by Gasteiger charge is 2.11. The number of allylic oxidation sites excluding steroid dienone is 1. The van der Waals surface area contributed by atoms with Crippen molar-refractivity contribution in [2.75, 3.05) is 0 Å². The van der Waals surface area contributed by atoms with Gasteiger partial charge in [-0.1, -0.05) is 24.3 Å². The summed E-state index contributed by atoms with van der Waals surface area (Å²) in [5.74, 6) is 1.40. The maximum atomic E-state index is 5.04. The van der Waals surface area contributed by atoms with E-state index in [9.17, 15) is 0 Å². The van der Waals surface area contributed by atoms with E-state index in [-0.39, 0.29) is 0 Å². The Morgan fingerprint density at radius 3 is 2.85 bits per heavy atom. The predicted octanol–water partition coefficient (Wildman–Crippen LogP) is 2.74. The maximum Gasteiger partial charge on any atom is 0.185 e. The molecule has 0 N–H and O–H groups in total. The number of hydrogen-bond acceptors (Lipinski definition) is 2. The van der Waals surface area contributed by atoms with Crippen LogP contribution in [0.1, 0.15) is 5.56 Å². The van der Waals surface area contributed by atoms with Crippen LogP contribution in [-0.2, 0) is 4.89 Å². The van der Waals surface area contributed by atoms with Crippen LogP contribution in [0.3, 0.4) is 0 Å². The fourth-order valence-electron chi connectivity index (χ4n) is 1.14. The zero-order valence-corrected chi connectivity index (χ0v) is 7.07. The molecule has 2 rings (SSSR count). The molecule has 1 aromatic carbocycles. The molecular formula is C11H9O2. The molecule has 0 saturated carbocycles. The van der Waals surface area contributed by atoms with Gasteiger partial charge >= 0.3 is 0 Å². The first-order chi connectivity index (χ1) is 6.40. The monoisotopic (exact) mass is 173 g/mol. The maximum absolute atomic E-state index is 5.04. The van der Waals surface area contributed by atoms with Gasteiger partial charge in [0, 0.05) is 5.56 Å². The Kier molecular flexibility index (Phi) is 2.04. The quantitative estimate of drug-likeness (QED) is 0.640. The minimum absolute atomic E-state index is 0.661. The average Bonchev–Trinajstić information content (AvgIpc) is 2.18. The standard InChI is InChI=1S/C11H9O2/c1-2-5-10-8-9-6-3-4-7-11(9)13-12-10/h2-8H,1H2. The summed E-state index contributed by atoms with van der Waals surface area (Å²) >= 11 is 0. The SMILES string of the molecule is C=C[CH]C1=Cc2ccccc2OO1. The molecule has 0 amide bonds. The summed E-state index contributed by atoms with van der Waals surface area (Å²) in [6.45, 7) is 3.58. The number of benzene rings is 1. The van der Waals surface area contributed by atoms with Crippen LogP contribution < -0.4 is 4.89 Å². The van der Waals surface area contributed by atoms with Crippen molar-refractivity contribution in [2.45, 2.75) is 0 Å². The van der Waals surface area contributed by atoms with Gasteiger partial charge in [-0.3, -0.25) is 9.78 Å². The molecule has 1 aromatic rings. The smallest absolute Gasteiger partial charge is 0.185 e. The third-order valence-corrected chi connectivity index (χ3v) is 1.73. The van der Waals surface area contributed by atoms with Gasteiger partial charge in [0.2, 0.25) is 0 Å². The molecule has 0 atom stereocenters. The van der Waals surface area contributed by atoms with E-state index in [1.165, 1.54) is 0 Å². The molecule has 0 bridgehead atoms. The summed E-state index contributed by atoms with van der Waals surface area (Å²) in [7, 11) is 0. The van der Waals surface area contributed by atoms with Gasteiger partial charge < -0.3 is 0 Å². The Labute approximate surface area is 77.0 Å². The molecule has 1 aliphatic heterocycles. The van der Waals surface area contributed by atoms with E-state index in [2.05, 4.69) is 6.58 Å². The first-order valence-corrected chi connectivity index (χ1v) is 4.01. The Balaban J connectivity index is 2.32. The Morgan fingerprint density at radius 1 is 1.15 bits per heavy atom. The summed E-state index contributed by atoms with van der Waals surface area (Å²) in [5.41, 5.74) is 1.02. The molecule has 0 unspecified atom stereocenters. The molecular weight excluding hydrogens is 164 g/mol. The lowest BCUT2D eigenvalue weighted by Gasteiger charge is -2.14. The van der Waals surface area contributed by atoms with Gasteiger partial charge in [0.25, 0.3) is 0 Å². The summed E-state index contributed by atoms with van der Waals surface area (Å²) in [5, 5.41) is 0. The van der Waals surface area contributed by atoms with Crippen molar-refractivity contribution >= 4 is 6.08 Å². The van der Waals surface area contributed by atoms with Gasteiger partial charge in [-0.2, -0.15) is 0 Å². The van der Waals surface area contributed by atoms with Gasteiger partial charge in [-0.15, -0.1) is 6.58 Å². The first kappa shape index (κ1) is 7.92. The van der Waals surface area contributed by atoms with E-state index in [0.717, 1.165) is 11.3 Å². The van der Waals surface area contributed by atoms with E-state index in [4.69, 9.17) is 9.78 Å². The Morgan fingerprint density at radius 2 is 2.00 bits per heavy atom. The highest BCUT2D eigenvalue weighted by atomic mass is 17.2. The summed E-state index contributed by atoms with van der Waals surface area (Å²) in [6, 6.07) is 7.68. The normalized spacial score (nSPS) is 13.4. The second-order valence-corrected chi connectivity index (χ2v) is 2.65. The second kappa shape index (κ2) is 3.35. The number of rotatable bonds is 2. The molecule has 0 saturated heterocycles. The van der Waals surface area contributed by atoms with E-state index in [0.29, 0.717) is 5.76 Å². The first-order valence-electron chi connectivity index (χ1n) is 4.01. The number of fused-ring (bicyclic) bond motifs is 1. The van der Waals surface area contributed by atoms with Crippen molar-refractivity contribution in [1.82, 2.24) is 0 Å². The lowest BCUT2D eigenvalue weighted by molar-refractivity contribution is -0.164. The molecule has 0 fully saturated rings. The summed E-state index contributed by atoms with van der Waals surface area (Å²) < 4.78 is 0. The van der Waals surface area contributed by atoms with Crippen molar-refractivity contribution in [1.29, 1.82) is 0 Å². The molecule has 13 heavy (non-hydrogen) atoms. The van der Waals surface area contributed by atoms with Gasteiger partial charge in [0.1, 0.15) is 0 Å². The van der Waals surface area contributed by atoms with Crippen molar-refractivity contribution in [3.8, 4) is 5.75 Å². The van der Waals surface area contributed by atoms with Crippen LogP contribution in [0.4, 0.5) is 0 Å². The fraction of sp³-hybridized carbons (Fsp3) is 0. The number of hydrogen-bond donors (Lipinski definition) is 0. The van der Waals surface area contributed by atoms with Crippen LogP contribution in [0.2, 0.25) is 0 Å². The van der Waals surface area contributed by atoms with E-state index < -0.39 is 0 Å². The Hall–Kier alpha value is -1.70. The molecule has 65 valence electrons. The summed E-state index contributed by atoms with van der Waals surface area (Å²) in [6.07, 6.45) is 5.31.